The van der Waals surface area contributed by atoms with E-state index < -0.39 is 0 Å². The number of benzene rings is 3. The predicted molar refractivity (Wildman–Crippen MR) is 104 cm³/mol. The summed E-state index contributed by atoms with van der Waals surface area (Å²) in [6, 6.07) is 21.7. The van der Waals surface area contributed by atoms with Crippen LogP contribution in [0.4, 0.5) is 0 Å². The molecule has 0 aliphatic carbocycles. The van der Waals surface area contributed by atoms with Gasteiger partial charge in [-0.25, -0.2) is 9.78 Å². The lowest BCUT2D eigenvalue weighted by atomic mass is 10.1. The largest absolute Gasteiger partial charge is 0.403 e. The van der Waals surface area contributed by atoms with Crippen molar-refractivity contribution in [3.63, 3.8) is 0 Å². The molecule has 0 saturated carbocycles. The zero-order chi connectivity index (χ0) is 17.7. The van der Waals surface area contributed by atoms with Crippen molar-refractivity contribution in [1.29, 1.82) is 0 Å². The number of aryl methyl sites for hydroxylation is 1. The van der Waals surface area contributed by atoms with Crippen molar-refractivity contribution < 1.29 is 4.42 Å². The monoisotopic (exact) mass is 340 g/mol. The second-order valence-electron chi connectivity index (χ2n) is 6.32. The van der Waals surface area contributed by atoms with E-state index in [0.717, 1.165) is 17.5 Å². The van der Waals surface area contributed by atoms with Gasteiger partial charge in [0.15, 0.2) is 0 Å². The smallest absolute Gasteiger partial charge is 0.347 e. The number of fused-ring (bicyclic) bond motifs is 4. The molecule has 0 aliphatic rings. The van der Waals surface area contributed by atoms with Crippen LogP contribution in [0.1, 0.15) is 6.92 Å². The molecule has 5 rings (SSSR count). The molecule has 4 nitrogen and oxygen atoms in total. The third-order valence-electron chi connectivity index (χ3n) is 4.87. The fraction of sp³-hybridized carbons (Fsp3) is 0.0909. The molecule has 0 amide bonds. The summed E-state index contributed by atoms with van der Waals surface area (Å²) in [7, 11) is 0. The van der Waals surface area contributed by atoms with Gasteiger partial charge in [0.25, 0.3) is 0 Å². The Balaban J connectivity index is 1.81. The minimum atomic E-state index is -0.360. The Morgan fingerprint density at radius 3 is 2.46 bits per heavy atom. The summed E-state index contributed by atoms with van der Waals surface area (Å²) >= 11 is 0. The fourth-order valence-electron chi connectivity index (χ4n) is 3.67. The Morgan fingerprint density at radius 2 is 1.62 bits per heavy atom. The van der Waals surface area contributed by atoms with Crippen molar-refractivity contribution in [1.82, 2.24) is 9.55 Å². The molecule has 0 bridgehead atoms. The van der Waals surface area contributed by atoms with Crippen LogP contribution in [0.2, 0.25) is 0 Å². The van der Waals surface area contributed by atoms with E-state index in [1.165, 1.54) is 16.4 Å². The maximum Gasteiger partial charge on any atom is 0.347 e. The summed E-state index contributed by atoms with van der Waals surface area (Å²) in [5, 5.41) is 2.83. The van der Waals surface area contributed by atoms with Crippen LogP contribution >= 0.6 is 0 Å². The molecule has 4 heteroatoms. The highest BCUT2D eigenvalue weighted by Crippen LogP contribution is 2.32. The summed E-state index contributed by atoms with van der Waals surface area (Å²) < 4.78 is 7.79. The topological polar surface area (TPSA) is 48.0 Å². The van der Waals surface area contributed by atoms with Gasteiger partial charge in [-0.05, 0) is 43.3 Å². The zero-order valence-corrected chi connectivity index (χ0v) is 14.3. The molecule has 2 aromatic heterocycles. The van der Waals surface area contributed by atoms with Crippen LogP contribution in [0.5, 0.6) is 0 Å². The maximum atomic E-state index is 12.3. The van der Waals surface area contributed by atoms with Crippen LogP contribution < -0.4 is 5.63 Å². The van der Waals surface area contributed by atoms with Gasteiger partial charge < -0.3 is 8.98 Å². The number of hydrogen-bond donors (Lipinski definition) is 0. The minimum absolute atomic E-state index is 0.351. The van der Waals surface area contributed by atoms with Crippen LogP contribution in [-0.4, -0.2) is 9.55 Å². The van der Waals surface area contributed by atoms with Crippen molar-refractivity contribution in [2.45, 2.75) is 13.5 Å². The lowest BCUT2D eigenvalue weighted by Gasteiger charge is -2.04. The molecule has 2 heterocycles. The van der Waals surface area contributed by atoms with Crippen LogP contribution in [-0.2, 0) is 6.54 Å². The Morgan fingerprint density at radius 1 is 0.885 bits per heavy atom. The number of rotatable bonds is 2. The molecule has 0 unspecified atom stereocenters. The molecular weight excluding hydrogens is 324 g/mol. The van der Waals surface area contributed by atoms with Gasteiger partial charge >= 0.3 is 5.63 Å². The lowest BCUT2D eigenvalue weighted by Crippen LogP contribution is -2.02. The molecule has 0 spiro atoms. The van der Waals surface area contributed by atoms with Gasteiger partial charge in [-0.1, -0.05) is 30.3 Å². The molecular formula is C22H16N2O2. The second-order valence-corrected chi connectivity index (χ2v) is 6.32. The van der Waals surface area contributed by atoms with Crippen molar-refractivity contribution in [2.75, 3.05) is 0 Å². The summed E-state index contributed by atoms with van der Waals surface area (Å²) in [6.07, 6.45) is 0. The molecule has 0 saturated heterocycles. The third-order valence-corrected chi connectivity index (χ3v) is 4.87. The van der Waals surface area contributed by atoms with Gasteiger partial charge in [-0.2, -0.15) is 0 Å². The number of para-hydroxylation sites is 2. The highest BCUT2D eigenvalue weighted by Gasteiger charge is 2.13. The minimum Gasteiger partial charge on any atom is -0.403 e. The summed E-state index contributed by atoms with van der Waals surface area (Å²) in [4.78, 5) is 16.8. The van der Waals surface area contributed by atoms with E-state index in [-0.39, 0.29) is 5.63 Å². The van der Waals surface area contributed by atoms with E-state index in [1.54, 1.807) is 6.07 Å². The second kappa shape index (κ2) is 5.56. The number of nitrogens with zero attached hydrogens (tertiary/aromatic N) is 2. The zero-order valence-electron chi connectivity index (χ0n) is 14.3. The van der Waals surface area contributed by atoms with E-state index in [2.05, 4.69) is 46.8 Å². The molecule has 3 aromatic carbocycles. The predicted octanol–water partition coefficient (Wildman–Crippen LogP) is 4.98. The molecule has 26 heavy (non-hydrogen) atoms. The molecule has 0 N–H and O–H groups in total. The molecule has 0 fully saturated rings. The SMILES string of the molecule is CCn1c2ccccc2c2cc(-c3nc4ccccc4c(=O)o3)ccc21. The molecule has 5 aromatic rings. The van der Waals surface area contributed by atoms with E-state index >= 15 is 0 Å². The Hall–Kier alpha value is -3.40. The van der Waals surface area contributed by atoms with Crippen LogP contribution in [0, 0.1) is 0 Å². The normalized spacial score (nSPS) is 11.6. The third kappa shape index (κ3) is 2.09. The Labute approximate surface area is 149 Å². The quantitative estimate of drug-likeness (QED) is 0.455. The standard InChI is InChI=1S/C22H16N2O2/c1-2-24-19-10-6-4-7-15(19)17-13-14(11-12-20(17)24)21-23-18-9-5-3-8-16(18)22(25)26-21/h3-13H,2H2,1H3. The van der Waals surface area contributed by atoms with Gasteiger partial charge in [-0.15, -0.1) is 0 Å². The lowest BCUT2D eigenvalue weighted by molar-refractivity contribution is 0.518. The molecule has 0 aliphatic heterocycles. The summed E-state index contributed by atoms with van der Waals surface area (Å²) in [5.74, 6) is 0.351. The first kappa shape index (κ1) is 14.9. The maximum absolute atomic E-state index is 12.3. The first-order valence-electron chi connectivity index (χ1n) is 8.67. The van der Waals surface area contributed by atoms with Crippen LogP contribution in [0.3, 0.4) is 0 Å². The van der Waals surface area contributed by atoms with E-state index in [1.807, 2.05) is 30.3 Å². The highest BCUT2D eigenvalue weighted by molar-refractivity contribution is 6.09. The van der Waals surface area contributed by atoms with Gasteiger partial charge in [0, 0.05) is 33.9 Å². The molecule has 0 radical (unpaired) electrons. The Bertz CT molecular complexity index is 1350. The average molecular weight is 340 g/mol. The fourth-order valence-corrected chi connectivity index (χ4v) is 3.67. The van der Waals surface area contributed by atoms with E-state index in [4.69, 9.17) is 4.42 Å². The van der Waals surface area contributed by atoms with Gasteiger partial charge in [0.1, 0.15) is 0 Å². The summed E-state index contributed by atoms with van der Waals surface area (Å²) in [5.41, 5.74) is 3.46. The van der Waals surface area contributed by atoms with Crippen molar-refractivity contribution in [3.05, 3.63) is 77.2 Å². The van der Waals surface area contributed by atoms with E-state index in [0.29, 0.717) is 16.8 Å². The van der Waals surface area contributed by atoms with E-state index in [9.17, 15) is 4.79 Å². The summed E-state index contributed by atoms with van der Waals surface area (Å²) in [6.45, 7) is 3.04. The van der Waals surface area contributed by atoms with Gasteiger partial charge in [-0.3, -0.25) is 0 Å². The Kier molecular flexibility index (Phi) is 3.19. The first-order chi connectivity index (χ1) is 12.8. The van der Waals surface area contributed by atoms with Crippen LogP contribution in [0.25, 0.3) is 44.2 Å². The van der Waals surface area contributed by atoms with Gasteiger partial charge in [0.2, 0.25) is 5.89 Å². The molecule has 126 valence electrons. The average Bonchev–Trinajstić information content (AvgIpc) is 3.01. The molecule has 0 atom stereocenters. The first-order valence-corrected chi connectivity index (χ1v) is 8.67. The van der Waals surface area contributed by atoms with Crippen molar-refractivity contribution in [3.8, 4) is 11.5 Å². The van der Waals surface area contributed by atoms with Crippen LogP contribution in [0.15, 0.2) is 75.9 Å². The van der Waals surface area contributed by atoms with Crippen molar-refractivity contribution >= 4 is 32.7 Å². The van der Waals surface area contributed by atoms with Gasteiger partial charge in [0.05, 0.1) is 10.9 Å². The van der Waals surface area contributed by atoms with Crippen molar-refractivity contribution in [2.24, 2.45) is 0 Å². The highest BCUT2D eigenvalue weighted by atomic mass is 16.4. The number of hydrogen-bond acceptors (Lipinski definition) is 3. The number of aromatic nitrogens is 2.